The van der Waals surface area contributed by atoms with Crippen molar-refractivity contribution in [3.63, 3.8) is 0 Å². The fourth-order valence-corrected chi connectivity index (χ4v) is 1.68. The highest BCUT2D eigenvalue weighted by Gasteiger charge is 2.35. The average Bonchev–Trinajstić information content (AvgIpc) is 2.58. The first-order valence-corrected chi connectivity index (χ1v) is 5.70. The number of hydrogen-bond acceptors (Lipinski definition) is 3. The molecule has 5 heteroatoms. The monoisotopic (exact) mass is 226 g/mol. The molecule has 1 fully saturated rings. The summed E-state index contributed by atoms with van der Waals surface area (Å²) >= 11 is 0. The fourth-order valence-electron chi connectivity index (χ4n) is 1.68. The molecule has 0 aromatic carbocycles. The van der Waals surface area contributed by atoms with Crippen LogP contribution in [-0.4, -0.2) is 35.2 Å². The molecule has 1 atom stereocenters. The van der Waals surface area contributed by atoms with Gasteiger partial charge in [-0.2, -0.15) is 0 Å². The highest BCUT2D eigenvalue weighted by molar-refractivity contribution is 6.05. The summed E-state index contributed by atoms with van der Waals surface area (Å²) in [4.78, 5) is 35.5. The number of unbranched alkanes of at least 4 members (excludes halogenated alkanes) is 1. The van der Waals surface area contributed by atoms with Gasteiger partial charge in [0.25, 0.3) is 0 Å². The maximum absolute atomic E-state index is 11.6. The summed E-state index contributed by atoms with van der Waals surface area (Å²) in [6.07, 6.45) is 2.35. The molecule has 0 unspecified atom stereocenters. The van der Waals surface area contributed by atoms with Gasteiger partial charge in [0.05, 0.1) is 0 Å². The molecule has 0 spiro atoms. The van der Waals surface area contributed by atoms with Crippen LogP contribution in [0.15, 0.2) is 0 Å². The highest BCUT2D eigenvalue weighted by atomic mass is 16.2. The molecule has 1 aliphatic rings. The molecule has 0 aromatic heterocycles. The Balaban J connectivity index is 2.49. The van der Waals surface area contributed by atoms with Gasteiger partial charge in [0.1, 0.15) is 6.04 Å². The molecule has 0 aliphatic carbocycles. The number of carbonyl (C=O) groups excluding carboxylic acids is 3. The van der Waals surface area contributed by atoms with E-state index in [-0.39, 0.29) is 30.6 Å². The molecule has 1 N–H and O–H groups in total. The predicted octanol–water partition coefficient (Wildman–Crippen LogP) is 0.440. The first kappa shape index (κ1) is 12.7. The lowest BCUT2D eigenvalue weighted by Crippen LogP contribution is -2.47. The van der Waals surface area contributed by atoms with Crippen molar-refractivity contribution in [3.8, 4) is 0 Å². The zero-order chi connectivity index (χ0) is 12.1. The first-order valence-electron chi connectivity index (χ1n) is 5.70. The minimum absolute atomic E-state index is 0.228. The van der Waals surface area contributed by atoms with Crippen LogP contribution in [0.3, 0.4) is 0 Å². The average molecular weight is 226 g/mol. The number of likely N-dealkylation sites (tertiary alicyclic amines) is 1. The maximum Gasteiger partial charge on any atom is 0.243 e. The van der Waals surface area contributed by atoms with Gasteiger partial charge in [-0.05, 0) is 13.3 Å². The summed E-state index contributed by atoms with van der Waals surface area (Å²) in [5.41, 5.74) is 0. The largest absolute Gasteiger partial charge is 0.354 e. The fraction of sp³-hybridized carbons (Fsp3) is 0.727. The summed E-state index contributed by atoms with van der Waals surface area (Å²) in [5.74, 6) is -0.747. The van der Waals surface area contributed by atoms with Crippen molar-refractivity contribution in [1.82, 2.24) is 10.2 Å². The summed E-state index contributed by atoms with van der Waals surface area (Å²) in [6, 6.07) is -0.681. The summed E-state index contributed by atoms with van der Waals surface area (Å²) in [6.45, 7) is 4.21. The van der Waals surface area contributed by atoms with Crippen LogP contribution in [0.2, 0.25) is 0 Å². The number of hydrogen-bond donors (Lipinski definition) is 1. The number of amides is 3. The van der Waals surface area contributed by atoms with Gasteiger partial charge in [0.15, 0.2) is 0 Å². The van der Waals surface area contributed by atoms with Crippen LogP contribution in [0.5, 0.6) is 0 Å². The second-order valence-corrected chi connectivity index (χ2v) is 3.98. The Hall–Kier alpha value is -1.39. The molecule has 1 heterocycles. The molecular formula is C11H18N2O3. The molecule has 0 saturated carbocycles. The molecule has 1 rings (SSSR count). The van der Waals surface area contributed by atoms with E-state index in [1.54, 1.807) is 6.92 Å². The van der Waals surface area contributed by atoms with E-state index in [0.29, 0.717) is 6.54 Å². The third kappa shape index (κ3) is 2.81. The number of rotatable bonds is 5. The quantitative estimate of drug-likeness (QED) is 0.546. The third-order valence-corrected chi connectivity index (χ3v) is 2.69. The first-order chi connectivity index (χ1) is 7.57. The van der Waals surface area contributed by atoms with Crippen LogP contribution >= 0.6 is 0 Å². The Morgan fingerprint density at radius 3 is 2.44 bits per heavy atom. The smallest absolute Gasteiger partial charge is 0.243 e. The SMILES string of the molecule is CCCCNC(=O)[C@@H](C)N1C(=O)CCC1=O. The van der Waals surface area contributed by atoms with Gasteiger partial charge >= 0.3 is 0 Å². The van der Waals surface area contributed by atoms with Gasteiger partial charge < -0.3 is 5.32 Å². The lowest BCUT2D eigenvalue weighted by molar-refractivity contribution is -0.146. The summed E-state index contributed by atoms with van der Waals surface area (Å²) in [7, 11) is 0. The molecule has 90 valence electrons. The van der Waals surface area contributed by atoms with Gasteiger partial charge in [-0.25, -0.2) is 0 Å². The van der Waals surface area contributed by atoms with Crippen LogP contribution in [0.4, 0.5) is 0 Å². The summed E-state index contributed by atoms with van der Waals surface area (Å²) in [5, 5.41) is 2.72. The normalized spacial score (nSPS) is 17.8. The van der Waals surface area contributed by atoms with E-state index in [2.05, 4.69) is 5.32 Å². The minimum atomic E-state index is -0.681. The van der Waals surface area contributed by atoms with Crippen LogP contribution in [0, 0.1) is 0 Å². The lowest BCUT2D eigenvalue weighted by atomic mass is 10.2. The number of nitrogens with zero attached hydrogens (tertiary/aromatic N) is 1. The second-order valence-electron chi connectivity index (χ2n) is 3.98. The van der Waals surface area contributed by atoms with Crippen LogP contribution < -0.4 is 5.32 Å². The Morgan fingerprint density at radius 1 is 1.38 bits per heavy atom. The Labute approximate surface area is 95.2 Å². The van der Waals surface area contributed by atoms with Crippen molar-refractivity contribution in [2.75, 3.05) is 6.54 Å². The predicted molar refractivity (Wildman–Crippen MR) is 58.5 cm³/mol. The Kier molecular flexibility index (Phi) is 4.46. The highest BCUT2D eigenvalue weighted by Crippen LogP contribution is 2.15. The van der Waals surface area contributed by atoms with E-state index in [4.69, 9.17) is 0 Å². The second kappa shape index (κ2) is 5.63. The van der Waals surface area contributed by atoms with E-state index in [1.807, 2.05) is 6.92 Å². The molecule has 0 bridgehead atoms. The number of imide groups is 1. The van der Waals surface area contributed by atoms with Crippen molar-refractivity contribution in [1.29, 1.82) is 0 Å². The van der Waals surface area contributed by atoms with E-state index in [0.717, 1.165) is 17.7 Å². The molecule has 5 nitrogen and oxygen atoms in total. The van der Waals surface area contributed by atoms with Crippen molar-refractivity contribution in [2.45, 2.75) is 45.6 Å². The van der Waals surface area contributed by atoms with Crippen LogP contribution in [-0.2, 0) is 14.4 Å². The van der Waals surface area contributed by atoms with Crippen LogP contribution in [0.25, 0.3) is 0 Å². The molecule has 1 saturated heterocycles. The van der Waals surface area contributed by atoms with E-state index < -0.39 is 6.04 Å². The van der Waals surface area contributed by atoms with Crippen molar-refractivity contribution in [3.05, 3.63) is 0 Å². The van der Waals surface area contributed by atoms with Gasteiger partial charge in [0, 0.05) is 19.4 Å². The minimum Gasteiger partial charge on any atom is -0.354 e. The molecule has 3 amide bonds. The molecule has 0 aromatic rings. The number of nitrogens with one attached hydrogen (secondary N) is 1. The topological polar surface area (TPSA) is 66.5 Å². The third-order valence-electron chi connectivity index (χ3n) is 2.69. The van der Waals surface area contributed by atoms with Gasteiger partial charge in [-0.1, -0.05) is 13.3 Å². The van der Waals surface area contributed by atoms with E-state index in [9.17, 15) is 14.4 Å². The van der Waals surface area contributed by atoms with Crippen molar-refractivity contribution >= 4 is 17.7 Å². The molecular weight excluding hydrogens is 208 g/mol. The molecule has 0 radical (unpaired) electrons. The molecule has 16 heavy (non-hydrogen) atoms. The standard InChI is InChI=1S/C11H18N2O3/c1-3-4-7-12-11(16)8(2)13-9(14)5-6-10(13)15/h8H,3-7H2,1-2H3,(H,12,16)/t8-/m1/s1. The number of carbonyl (C=O) groups is 3. The lowest BCUT2D eigenvalue weighted by Gasteiger charge is -2.21. The van der Waals surface area contributed by atoms with Gasteiger partial charge in [-0.15, -0.1) is 0 Å². The summed E-state index contributed by atoms with van der Waals surface area (Å²) < 4.78 is 0. The van der Waals surface area contributed by atoms with Gasteiger partial charge in [0.2, 0.25) is 17.7 Å². The zero-order valence-electron chi connectivity index (χ0n) is 9.78. The Morgan fingerprint density at radius 2 is 1.94 bits per heavy atom. The van der Waals surface area contributed by atoms with Crippen molar-refractivity contribution < 1.29 is 14.4 Å². The molecule has 1 aliphatic heterocycles. The Bertz CT molecular complexity index is 286. The van der Waals surface area contributed by atoms with E-state index in [1.165, 1.54) is 0 Å². The zero-order valence-corrected chi connectivity index (χ0v) is 9.78. The maximum atomic E-state index is 11.6. The van der Waals surface area contributed by atoms with Crippen molar-refractivity contribution in [2.24, 2.45) is 0 Å². The van der Waals surface area contributed by atoms with Crippen LogP contribution in [0.1, 0.15) is 39.5 Å². The van der Waals surface area contributed by atoms with E-state index >= 15 is 0 Å². The van der Waals surface area contributed by atoms with Gasteiger partial charge in [-0.3, -0.25) is 19.3 Å².